The zero-order valence-electron chi connectivity index (χ0n) is 9.30. The lowest BCUT2D eigenvalue weighted by Crippen LogP contribution is -2.43. The summed E-state index contributed by atoms with van der Waals surface area (Å²) in [6, 6.07) is 0. The van der Waals surface area contributed by atoms with Crippen molar-refractivity contribution in [1.82, 2.24) is 4.90 Å². The van der Waals surface area contributed by atoms with Gasteiger partial charge in [-0.1, -0.05) is 13.8 Å². The Labute approximate surface area is 85.5 Å². The van der Waals surface area contributed by atoms with Gasteiger partial charge < -0.3 is 0 Å². The second-order valence-corrected chi connectivity index (χ2v) is 3.89. The number of hydrogen-bond acceptors (Lipinski definition) is 2. The van der Waals surface area contributed by atoms with Crippen molar-refractivity contribution >= 4 is 11.8 Å². The summed E-state index contributed by atoms with van der Waals surface area (Å²) in [5, 5.41) is 0. The van der Waals surface area contributed by atoms with Crippen LogP contribution in [-0.4, -0.2) is 23.3 Å². The lowest BCUT2D eigenvalue weighted by Gasteiger charge is -2.28. The molecule has 80 valence electrons. The fourth-order valence-corrected chi connectivity index (χ4v) is 1.92. The van der Waals surface area contributed by atoms with Crippen molar-refractivity contribution in [3.63, 3.8) is 0 Å². The third-order valence-corrected chi connectivity index (χ3v) is 2.93. The Morgan fingerprint density at radius 3 is 1.86 bits per heavy atom. The minimum absolute atomic E-state index is 0.0336. The predicted octanol–water partition coefficient (Wildman–Crippen LogP) is 1.96. The highest BCUT2D eigenvalue weighted by Crippen LogP contribution is 2.54. The van der Waals surface area contributed by atoms with Gasteiger partial charge >= 0.3 is 0 Å². The molecule has 1 heterocycles. The summed E-state index contributed by atoms with van der Waals surface area (Å²) in [6.07, 6.45) is 3.35. The van der Waals surface area contributed by atoms with Gasteiger partial charge in [-0.25, -0.2) is 0 Å². The third-order valence-electron chi connectivity index (χ3n) is 2.93. The predicted molar refractivity (Wildman–Crippen MR) is 54.6 cm³/mol. The van der Waals surface area contributed by atoms with E-state index in [2.05, 4.69) is 0 Å². The first kappa shape index (κ1) is 11.2. The maximum atomic E-state index is 11.4. The van der Waals surface area contributed by atoms with Crippen LogP contribution in [0.2, 0.25) is 0 Å². The Hall–Kier alpha value is -0.860. The van der Waals surface area contributed by atoms with Gasteiger partial charge in [0, 0.05) is 19.4 Å². The highest BCUT2D eigenvalue weighted by molar-refractivity contribution is 5.98. The molecule has 1 aliphatic carbocycles. The number of likely N-dealkylation sites (tertiary alicyclic amines) is 1. The van der Waals surface area contributed by atoms with E-state index in [0.29, 0.717) is 19.4 Å². The van der Waals surface area contributed by atoms with Crippen LogP contribution in [0.1, 0.15) is 46.5 Å². The minimum Gasteiger partial charge on any atom is -0.283 e. The molecule has 0 aromatic heterocycles. The molecule has 1 aliphatic heterocycles. The Kier molecular flexibility index (Phi) is 3.29. The van der Waals surface area contributed by atoms with E-state index in [1.54, 1.807) is 0 Å². The Balaban J connectivity index is 0.000000461. The van der Waals surface area contributed by atoms with Gasteiger partial charge in [0.15, 0.2) is 0 Å². The molecule has 0 aromatic carbocycles. The van der Waals surface area contributed by atoms with Crippen LogP contribution in [0, 0.1) is 5.41 Å². The molecule has 2 fully saturated rings. The lowest BCUT2D eigenvalue weighted by atomic mass is 9.92. The monoisotopic (exact) mass is 197 g/mol. The Morgan fingerprint density at radius 1 is 1.14 bits per heavy atom. The standard InChI is InChI=1S/C9H13NO2.C2H6/c1-2-10-7(11)5-9(3-4-9)6-8(10)12;1-2/h2-6H2,1H3;1-2H3. The summed E-state index contributed by atoms with van der Waals surface area (Å²) in [5.41, 5.74) is 0.111. The van der Waals surface area contributed by atoms with E-state index in [1.165, 1.54) is 4.90 Å². The van der Waals surface area contributed by atoms with Crippen molar-refractivity contribution in [3.8, 4) is 0 Å². The van der Waals surface area contributed by atoms with Crippen LogP contribution >= 0.6 is 0 Å². The van der Waals surface area contributed by atoms with Crippen molar-refractivity contribution < 1.29 is 9.59 Å². The van der Waals surface area contributed by atoms with Crippen LogP contribution < -0.4 is 0 Å². The van der Waals surface area contributed by atoms with E-state index < -0.39 is 0 Å². The summed E-state index contributed by atoms with van der Waals surface area (Å²) in [7, 11) is 0. The van der Waals surface area contributed by atoms with Gasteiger partial charge in [-0.3, -0.25) is 14.5 Å². The minimum atomic E-state index is 0.0336. The maximum Gasteiger partial charge on any atom is 0.229 e. The second kappa shape index (κ2) is 4.11. The first-order valence-corrected chi connectivity index (χ1v) is 5.50. The number of amides is 2. The molecule has 2 amide bonds. The first-order chi connectivity index (χ1) is 6.67. The number of carbonyl (C=O) groups excluding carboxylic acids is 2. The molecule has 0 unspecified atom stereocenters. The molecule has 1 saturated heterocycles. The van der Waals surface area contributed by atoms with Gasteiger partial charge in [-0.2, -0.15) is 0 Å². The first-order valence-electron chi connectivity index (χ1n) is 5.50. The second-order valence-electron chi connectivity index (χ2n) is 3.89. The molecule has 1 spiro atoms. The Bertz CT molecular complexity index is 224. The van der Waals surface area contributed by atoms with Crippen LogP contribution in [0.3, 0.4) is 0 Å². The zero-order chi connectivity index (χ0) is 10.8. The molecule has 0 N–H and O–H groups in total. The fourth-order valence-electron chi connectivity index (χ4n) is 1.92. The highest BCUT2D eigenvalue weighted by Gasteiger charge is 2.50. The SMILES string of the molecule is CC.CCN1C(=O)CC2(CC2)CC1=O. The van der Waals surface area contributed by atoms with Crippen molar-refractivity contribution in [1.29, 1.82) is 0 Å². The summed E-state index contributed by atoms with van der Waals surface area (Å²) in [4.78, 5) is 24.2. The normalized spacial score (nSPS) is 23.2. The molecule has 0 radical (unpaired) electrons. The average Bonchev–Trinajstić information content (AvgIpc) is 2.87. The number of piperidine rings is 1. The third kappa shape index (κ3) is 1.97. The summed E-state index contributed by atoms with van der Waals surface area (Å²) < 4.78 is 0. The largest absolute Gasteiger partial charge is 0.283 e. The Morgan fingerprint density at radius 2 is 1.57 bits per heavy atom. The number of imide groups is 1. The number of rotatable bonds is 1. The fraction of sp³-hybridized carbons (Fsp3) is 0.818. The highest BCUT2D eigenvalue weighted by atomic mass is 16.2. The summed E-state index contributed by atoms with van der Waals surface area (Å²) in [6.45, 7) is 6.38. The van der Waals surface area contributed by atoms with E-state index in [1.807, 2.05) is 20.8 Å². The van der Waals surface area contributed by atoms with Gasteiger partial charge in [-0.05, 0) is 25.2 Å². The molecule has 3 heteroatoms. The number of nitrogens with zero attached hydrogens (tertiary/aromatic N) is 1. The molecular formula is C11H19NO2. The van der Waals surface area contributed by atoms with Gasteiger partial charge in [0.1, 0.15) is 0 Å². The molecule has 14 heavy (non-hydrogen) atoms. The van der Waals surface area contributed by atoms with Gasteiger partial charge in [0.05, 0.1) is 0 Å². The van der Waals surface area contributed by atoms with Crippen LogP contribution in [-0.2, 0) is 9.59 Å². The average molecular weight is 197 g/mol. The van der Waals surface area contributed by atoms with E-state index in [0.717, 1.165) is 12.8 Å². The van der Waals surface area contributed by atoms with Crippen molar-refractivity contribution in [3.05, 3.63) is 0 Å². The topological polar surface area (TPSA) is 37.4 Å². The smallest absolute Gasteiger partial charge is 0.229 e. The zero-order valence-corrected chi connectivity index (χ0v) is 9.30. The number of hydrogen-bond donors (Lipinski definition) is 0. The van der Waals surface area contributed by atoms with Crippen molar-refractivity contribution in [2.24, 2.45) is 5.41 Å². The molecule has 0 aromatic rings. The molecule has 0 atom stereocenters. The van der Waals surface area contributed by atoms with Gasteiger partial charge in [-0.15, -0.1) is 0 Å². The van der Waals surface area contributed by atoms with E-state index >= 15 is 0 Å². The van der Waals surface area contributed by atoms with Gasteiger partial charge in [0.2, 0.25) is 11.8 Å². The van der Waals surface area contributed by atoms with Crippen LogP contribution in [0.5, 0.6) is 0 Å². The van der Waals surface area contributed by atoms with Crippen molar-refractivity contribution in [2.75, 3.05) is 6.54 Å². The summed E-state index contributed by atoms with van der Waals surface area (Å²) >= 11 is 0. The number of carbonyl (C=O) groups is 2. The van der Waals surface area contributed by atoms with E-state index in [-0.39, 0.29) is 17.2 Å². The van der Waals surface area contributed by atoms with Crippen molar-refractivity contribution in [2.45, 2.75) is 46.5 Å². The molecular weight excluding hydrogens is 178 g/mol. The maximum absolute atomic E-state index is 11.4. The molecule has 3 nitrogen and oxygen atoms in total. The molecule has 1 saturated carbocycles. The quantitative estimate of drug-likeness (QED) is 0.603. The summed E-state index contributed by atoms with van der Waals surface area (Å²) in [5.74, 6) is 0.0671. The van der Waals surface area contributed by atoms with E-state index in [4.69, 9.17) is 0 Å². The van der Waals surface area contributed by atoms with Crippen LogP contribution in [0.25, 0.3) is 0 Å². The molecule has 2 aliphatic rings. The molecule has 2 rings (SSSR count). The van der Waals surface area contributed by atoms with Crippen LogP contribution in [0.15, 0.2) is 0 Å². The lowest BCUT2D eigenvalue weighted by molar-refractivity contribution is -0.150. The molecule has 0 bridgehead atoms. The van der Waals surface area contributed by atoms with E-state index in [9.17, 15) is 9.59 Å². The van der Waals surface area contributed by atoms with Crippen LogP contribution in [0.4, 0.5) is 0 Å². The van der Waals surface area contributed by atoms with Gasteiger partial charge in [0.25, 0.3) is 0 Å².